The number of para-hydroxylation sites is 2. The number of nitrogens with zero attached hydrogens (tertiary/aromatic N) is 2. The standard InChI is InChI=1S/C20H12N2O4.2Na/c23-19(24)16-12-6-2-4-8-14(12)22-18(17(16)20(25)26)15-10-9-11-5-1-3-7-13(11)21-15;;/h1-10H,(H,23,24)(H,25,26);;/q;2*+1/p-2. The Bertz CT molecular complexity index is 1210. The average molecular weight is 388 g/mol. The van der Waals surface area contributed by atoms with Crippen LogP contribution in [-0.2, 0) is 0 Å². The molecule has 4 rings (SSSR count). The van der Waals surface area contributed by atoms with Crippen molar-refractivity contribution in [1.29, 1.82) is 0 Å². The number of carboxylic acids is 2. The number of rotatable bonds is 3. The number of pyridine rings is 2. The van der Waals surface area contributed by atoms with Crippen LogP contribution in [0.3, 0.4) is 0 Å². The maximum Gasteiger partial charge on any atom is 1.00 e. The van der Waals surface area contributed by atoms with Gasteiger partial charge >= 0.3 is 59.1 Å². The quantitative estimate of drug-likeness (QED) is 0.326. The molecule has 0 saturated carbocycles. The molecule has 2 heterocycles. The molecule has 0 atom stereocenters. The third-order valence-corrected chi connectivity index (χ3v) is 4.14. The van der Waals surface area contributed by atoms with Gasteiger partial charge in [0.1, 0.15) is 0 Å². The number of hydrogen-bond donors (Lipinski definition) is 0. The first kappa shape index (κ1) is 22.5. The molecule has 0 radical (unpaired) electrons. The Balaban J connectivity index is 0.00000140. The van der Waals surface area contributed by atoms with Gasteiger partial charge in [-0.3, -0.25) is 0 Å². The van der Waals surface area contributed by atoms with Crippen LogP contribution < -0.4 is 69.3 Å². The van der Waals surface area contributed by atoms with Crippen LogP contribution in [0.25, 0.3) is 33.2 Å². The largest absolute Gasteiger partial charge is 1.00 e. The SMILES string of the molecule is O=C([O-])c1c(-c2ccc3ccccc3n2)nc2ccccc2c1C(=O)[O-].[Na+].[Na+]. The zero-order valence-electron chi connectivity index (χ0n) is 15.3. The molecular formula is C20H10N2Na2O4. The van der Waals surface area contributed by atoms with Crippen molar-refractivity contribution >= 4 is 33.7 Å². The smallest absolute Gasteiger partial charge is 0.545 e. The van der Waals surface area contributed by atoms with Crippen LogP contribution in [0.5, 0.6) is 0 Å². The van der Waals surface area contributed by atoms with Crippen molar-refractivity contribution in [3.63, 3.8) is 0 Å². The molecule has 28 heavy (non-hydrogen) atoms. The summed E-state index contributed by atoms with van der Waals surface area (Å²) >= 11 is 0. The van der Waals surface area contributed by atoms with E-state index < -0.39 is 23.1 Å². The van der Waals surface area contributed by atoms with E-state index in [1.165, 1.54) is 6.07 Å². The first-order valence-corrected chi connectivity index (χ1v) is 7.78. The van der Waals surface area contributed by atoms with Crippen LogP contribution in [-0.4, -0.2) is 21.9 Å². The molecule has 0 bridgehead atoms. The first-order chi connectivity index (χ1) is 12.6. The molecule has 0 aliphatic carbocycles. The summed E-state index contributed by atoms with van der Waals surface area (Å²) in [6.07, 6.45) is 0. The summed E-state index contributed by atoms with van der Waals surface area (Å²) in [5, 5.41) is 24.5. The summed E-state index contributed by atoms with van der Waals surface area (Å²) in [5.74, 6) is -3.25. The number of benzene rings is 2. The van der Waals surface area contributed by atoms with Gasteiger partial charge in [-0.05, 0) is 18.2 Å². The summed E-state index contributed by atoms with van der Waals surface area (Å²) in [6, 6.07) is 17.1. The van der Waals surface area contributed by atoms with Crippen molar-refractivity contribution in [2.24, 2.45) is 0 Å². The van der Waals surface area contributed by atoms with Gasteiger partial charge in [0.2, 0.25) is 0 Å². The van der Waals surface area contributed by atoms with Crippen LogP contribution >= 0.6 is 0 Å². The number of carbonyl (C=O) groups excluding carboxylic acids is 2. The van der Waals surface area contributed by atoms with E-state index in [9.17, 15) is 19.8 Å². The van der Waals surface area contributed by atoms with Gasteiger partial charge in [0, 0.05) is 21.9 Å². The second-order valence-corrected chi connectivity index (χ2v) is 5.69. The molecule has 8 heteroatoms. The number of hydrogen-bond acceptors (Lipinski definition) is 6. The van der Waals surface area contributed by atoms with Gasteiger partial charge in [-0.25, -0.2) is 9.97 Å². The van der Waals surface area contributed by atoms with E-state index in [1.807, 2.05) is 12.1 Å². The van der Waals surface area contributed by atoms with Gasteiger partial charge in [-0.15, -0.1) is 0 Å². The van der Waals surface area contributed by atoms with Gasteiger partial charge in [0.25, 0.3) is 0 Å². The number of carboxylic acid groups (broad SMARTS) is 2. The van der Waals surface area contributed by atoms with Gasteiger partial charge in [0.05, 0.1) is 34.4 Å². The van der Waals surface area contributed by atoms with Gasteiger partial charge < -0.3 is 19.8 Å². The van der Waals surface area contributed by atoms with Crippen molar-refractivity contribution in [3.05, 3.63) is 71.8 Å². The van der Waals surface area contributed by atoms with Gasteiger partial charge in [-0.1, -0.05) is 42.5 Å². The molecule has 0 fully saturated rings. The molecule has 2 aromatic carbocycles. The summed E-state index contributed by atoms with van der Waals surface area (Å²) < 4.78 is 0. The maximum absolute atomic E-state index is 11.8. The zero-order valence-corrected chi connectivity index (χ0v) is 19.3. The molecular weight excluding hydrogens is 378 g/mol. The van der Waals surface area contributed by atoms with E-state index in [1.54, 1.807) is 42.5 Å². The summed E-state index contributed by atoms with van der Waals surface area (Å²) in [5.41, 5.74) is 0.165. The van der Waals surface area contributed by atoms with E-state index >= 15 is 0 Å². The second-order valence-electron chi connectivity index (χ2n) is 5.69. The fourth-order valence-electron chi connectivity index (χ4n) is 3.01. The predicted molar refractivity (Wildman–Crippen MR) is 91.1 cm³/mol. The van der Waals surface area contributed by atoms with Crippen LogP contribution in [0.4, 0.5) is 0 Å². The fourth-order valence-corrected chi connectivity index (χ4v) is 3.01. The number of aromatic carboxylic acids is 2. The van der Waals surface area contributed by atoms with E-state index in [0.717, 1.165) is 5.39 Å². The van der Waals surface area contributed by atoms with Gasteiger partial charge in [0.15, 0.2) is 0 Å². The van der Waals surface area contributed by atoms with E-state index in [2.05, 4.69) is 9.97 Å². The van der Waals surface area contributed by atoms with Crippen molar-refractivity contribution < 1.29 is 78.9 Å². The van der Waals surface area contributed by atoms with E-state index in [0.29, 0.717) is 11.0 Å². The third-order valence-electron chi connectivity index (χ3n) is 4.14. The molecule has 0 aliphatic rings. The number of fused-ring (bicyclic) bond motifs is 2. The van der Waals surface area contributed by atoms with Crippen LogP contribution in [0.15, 0.2) is 60.7 Å². The van der Waals surface area contributed by atoms with E-state index in [-0.39, 0.29) is 75.9 Å². The molecule has 126 valence electrons. The van der Waals surface area contributed by atoms with Gasteiger partial charge in [-0.2, -0.15) is 0 Å². The topological polar surface area (TPSA) is 106 Å². The average Bonchev–Trinajstić information content (AvgIpc) is 2.65. The molecule has 0 saturated heterocycles. The first-order valence-electron chi connectivity index (χ1n) is 7.78. The normalized spacial score (nSPS) is 10.1. The Morgan fingerprint density at radius 2 is 1.29 bits per heavy atom. The monoisotopic (exact) mass is 388 g/mol. The molecule has 0 spiro atoms. The Hall–Kier alpha value is -1.80. The van der Waals surface area contributed by atoms with Crippen LogP contribution in [0.2, 0.25) is 0 Å². The Kier molecular flexibility index (Phi) is 7.33. The van der Waals surface area contributed by atoms with E-state index in [4.69, 9.17) is 0 Å². The molecule has 6 nitrogen and oxygen atoms in total. The Labute approximate surface area is 204 Å². The Morgan fingerprint density at radius 1 is 0.679 bits per heavy atom. The van der Waals surface area contributed by atoms with Crippen molar-refractivity contribution in [2.75, 3.05) is 0 Å². The molecule has 2 aromatic heterocycles. The third kappa shape index (κ3) is 3.98. The Morgan fingerprint density at radius 3 is 1.96 bits per heavy atom. The molecule has 4 aromatic rings. The summed E-state index contributed by atoms with van der Waals surface area (Å²) in [6.45, 7) is 0. The van der Waals surface area contributed by atoms with Crippen LogP contribution in [0, 0.1) is 0 Å². The number of aromatic nitrogens is 2. The minimum Gasteiger partial charge on any atom is -0.545 e. The van der Waals surface area contributed by atoms with Crippen LogP contribution in [0.1, 0.15) is 20.7 Å². The molecule has 0 unspecified atom stereocenters. The minimum atomic E-state index is -1.65. The summed E-state index contributed by atoms with van der Waals surface area (Å²) in [7, 11) is 0. The number of carbonyl (C=O) groups is 2. The molecule has 0 amide bonds. The predicted octanol–water partition coefficient (Wildman–Crippen LogP) is -4.81. The maximum atomic E-state index is 11.8. The van der Waals surface area contributed by atoms with Crippen molar-refractivity contribution in [2.45, 2.75) is 0 Å². The zero-order chi connectivity index (χ0) is 18.3. The molecule has 0 aliphatic heterocycles. The minimum absolute atomic E-state index is 0. The second kappa shape index (κ2) is 9.13. The van der Waals surface area contributed by atoms with Crippen molar-refractivity contribution in [1.82, 2.24) is 9.97 Å². The van der Waals surface area contributed by atoms with Crippen molar-refractivity contribution in [3.8, 4) is 11.4 Å². The molecule has 0 N–H and O–H groups in total. The fraction of sp³-hybridized carbons (Fsp3) is 0. The summed E-state index contributed by atoms with van der Waals surface area (Å²) in [4.78, 5) is 32.2.